The molecule has 9 heteroatoms. The molecule has 180 valence electrons. The Morgan fingerprint density at radius 2 is 1.86 bits per heavy atom. The smallest absolute Gasteiger partial charge is 0.163 e. The van der Waals surface area contributed by atoms with Crippen molar-refractivity contribution in [3.8, 4) is 28.3 Å². The first-order chi connectivity index (χ1) is 17.1. The van der Waals surface area contributed by atoms with Crippen LogP contribution in [-0.4, -0.2) is 66.4 Å². The zero-order valence-corrected chi connectivity index (χ0v) is 19.3. The van der Waals surface area contributed by atoms with E-state index in [1.807, 2.05) is 24.3 Å². The summed E-state index contributed by atoms with van der Waals surface area (Å²) in [5.41, 5.74) is 2.60. The van der Waals surface area contributed by atoms with E-state index in [1.54, 1.807) is 25.5 Å². The normalized spacial score (nSPS) is 14.3. The van der Waals surface area contributed by atoms with Gasteiger partial charge in [-0.1, -0.05) is 6.07 Å². The summed E-state index contributed by atoms with van der Waals surface area (Å²) in [6, 6.07) is 11.2. The molecular weight excluding hydrogens is 452 g/mol. The average molecular weight is 478 g/mol. The van der Waals surface area contributed by atoms with E-state index < -0.39 is 11.6 Å². The number of fused-ring (bicyclic) bond motifs is 1. The first kappa shape index (κ1) is 23.1. The Bertz CT molecular complexity index is 1330. The highest BCUT2D eigenvalue weighted by Crippen LogP contribution is 2.36. The van der Waals surface area contributed by atoms with Crippen LogP contribution in [0.1, 0.15) is 0 Å². The van der Waals surface area contributed by atoms with Crippen LogP contribution in [0.5, 0.6) is 5.75 Å². The molecule has 0 aliphatic carbocycles. The standard InChI is InChI=1S/C26H25F2N5O2/c1-29-26-20-13-19(17-4-5-21(27)22(28)14-17)15-23(35-12-9-33-7-10-34-11-8-33)24(20)31-25(32-26)18-3-2-6-30-16-18/h2-6,13-16H,7-12H2,1H3,(H,29,31,32). The highest BCUT2D eigenvalue weighted by atomic mass is 19.2. The van der Waals surface area contributed by atoms with Gasteiger partial charge in [0.25, 0.3) is 0 Å². The first-order valence-electron chi connectivity index (χ1n) is 11.4. The third-order valence-corrected chi connectivity index (χ3v) is 5.94. The maximum absolute atomic E-state index is 14.0. The molecule has 1 saturated heterocycles. The number of benzene rings is 2. The number of hydrogen-bond donors (Lipinski definition) is 1. The van der Waals surface area contributed by atoms with Crippen molar-refractivity contribution in [2.75, 3.05) is 51.8 Å². The van der Waals surface area contributed by atoms with Crippen LogP contribution in [-0.2, 0) is 4.74 Å². The van der Waals surface area contributed by atoms with Crippen molar-refractivity contribution in [1.29, 1.82) is 0 Å². The van der Waals surface area contributed by atoms with Gasteiger partial charge < -0.3 is 14.8 Å². The van der Waals surface area contributed by atoms with Crippen molar-refractivity contribution in [2.45, 2.75) is 0 Å². The number of nitrogens with zero attached hydrogens (tertiary/aromatic N) is 4. The lowest BCUT2D eigenvalue weighted by Crippen LogP contribution is -2.38. The second-order valence-corrected chi connectivity index (χ2v) is 8.19. The molecule has 1 aliphatic heterocycles. The average Bonchev–Trinajstić information content (AvgIpc) is 2.90. The van der Waals surface area contributed by atoms with Crippen molar-refractivity contribution in [3.05, 3.63) is 66.5 Å². The quantitative estimate of drug-likeness (QED) is 0.423. The molecule has 2 aromatic heterocycles. The van der Waals surface area contributed by atoms with Gasteiger partial charge in [-0.15, -0.1) is 0 Å². The number of ether oxygens (including phenoxy) is 2. The number of nitrogens with one attached hydrogen (secondary N) is 1. The summed E-state index contributed by atoms with van der Waals surface area (Å²) in [7, 11) is 1.78. The molecule has 7 nitrogen and oxygen atoms in total. The maximum atomic E-state index is 14.0. The summed E-state index contributed by atoms with van der Waals surface area (Å²) in [5, 5.41) is 3.84. The van der Waals surface area contributed by atoms with Crippen LogP contribution < -0.4 is 10.1 Å². The molecule has 0 unspecified atom stereocenters. The monoisotopic (exact) mass is 477 g/mol. The minimum atomic E-state index is -0.908. The van der Waals surface area contributed by atoms with E-state index in [2.05, 4.69) is 20.2 Å². The van der Waals surface area contributed by atoms with Crippen molar-refractivity contribution in [2.24, 2.45) is 0 Å². The van der Waals surface area contributed by atoms with Gasteiger partial charge >= 0.3 is 0 Å². The van der Waals surface area contributed by atoms with Gasteiger partial charge in [0.2, 0.25) is 0 Å². The zero-order chi connectivity index (χ0) is 24.2. The molecule has 1 N–H and O–H groups in total. The van der Waals surface area contributed by atoms with Gasteiger partial charge in [0.15, 0.2) is 17.5 Å². The van der Waals surface area contributed by atoms with Gasteiger partial charge in [-0.05, 0) is 47.5 Å². The highest BCUT2D eigenvalue weighted by molar-refractivity contribution is 5.97. The zero-order valence-electron chi connectivity index (χ0n) is 19.3. The van der Waals surface area contributed by atoms with Crippen molar-refractivity contribution >= 4 is 16.7 Å². The minimum absolute atomic E-state index is 0.442. The molecule has 0 radical (unpaired) electrons. The van der Waals surface area contributed by atoms with Crippen LogP contribution in [0, 0.1) is 11.6 Å². The molecule has 35 heavy (non-hydrogen) atoms. The molecule has 3 heterocycles. The summed E-state index contributed by atoms with van der Waals surface area (Å²) in [6.45, 7) is 4.31. The lowest BCUT2D eigenvalue weighted by molar-refractivity contribution is 0.0323. The van der Waals surface area contributed by atoms with E-state index in [9.17, 15) is 8.78 Å². The second-order valence-electron chi connectivity index (χ2n) is 8.19. The number of rotatable bonds is 7. The van der Waals surface area contributed by atoms with E-state index in [-0.39, 0.29) is 0 Å². The fourth-order valence-corrected chi connectivity index (χ4v) is 4.08. The maximum Gasteiger partial charge on any atom is 0.163 e. The van der Waals surface area contributed by atoms with Crippen molar-refractivity contribution < 1.29 is 18.3 Å². The van der Waals surface area contributed by atoms with E-state index in [0.717, 1.165) is 31.3 Å². The van der Waals surface area contributed by atoms with Gasteiger partial charge in [-0.2, -0.15) is 0 Å². The van der Waals surface area contributed by atoms with Crippen LogP contribution in [0.4, 0.5) is 14.6 Å². The molecule has 0 saturated carbocycles. The Labute approximate surface area is 201 Å². The Morgan fingerprint density at radius 3 is 2.60 bits per heavy atom. The van der Waals surface area contributed by atoms with E-state index in [1.165, 1.54) is 6.07 Å². The van der Waals surface area contributed by atoms with Crippen LogP contribution in [0.3, 0.4) is 0 Å². The summed E-state index contributed by atoms with van der Waals surface area (Å²) in [4.78, 5) is 15.9. The van der Waals surface area contributed by atoms with E-state index >= 15 is 0 Å². The number of halogens is 2. The summed E-state index contributed by atoms with van der Waals surface area (Å²) in [6.07, 6.45) is 3.40. The van der Waals surface area contributed by atoms with Gasteiger partial charge in [0.1, 0.15) is 23.7 Å². The lowest BCUT2D eigenvalue weighted by Gasteiger charge is -2.26. The second kappa shape index (κ2) is 10.3. The van der Waals surface area contributed by atoms with Crippen molar-refractivity contribution in [1.82, 2.24) is 19.9 Å². The molecule has 0 bridgehead atoms. The lowest BCUT2D eigenvalue weighted by atomic mass is 10.0. The number of pyridine rings is 1. The van der Waals surface area contributed by atoms with Crippen LogP contribution in [0.25, 0.3) is 33.4 Å². The number of morpholine rings is 1. The van der Waals surface area contributed by atoms with Crippen molar-refractivity contribution in [3.63, 3.8) is 0 Å². The molecule has 1 fully saturated rings. The summed E-state index contributed by atoms with van der Waals surface area (Å²) in [5.74, 6) is -0.157. The Balaban J connectivity index is 1.59. The van der Waals surface area contributed by atoms with Crippen LogP contribution in [0.2, 0.25) is 0 Å². The van der Waals surface area contributed by atoms with E-state index in [0.29, 0.717) is 59.2 Å². The van der Waals surface area contributed by atoms with Gasteiger partial charge in [-0.3, -0.25) is 9.88 Å². The van der Waals surface area contributed by atoms with Crippen LogP contribution in [0.15, 0.2) is 54.9 Å². The van der Waals surface area contributed by atoms with Gasteiger partial charge in [-0.25, -0.2) is 18.7 Å². The van der Waals surface area contributed by atoms with E-state index in [4.69, 9.17) is 14.5 Å². The molecule has 1 aliphatic rings. The molecular formula is C26H25F2N5O2. The first-order valence-corrected chi connectivity index (χ1v) is 11.4. The van der Waals surface area contributed by atoms with Gasteiger partial charge in [0.05, 0.1) is 13.2 Å². The fraction of sp³-hybridized carbons (Fsp3) is 0.269. The molecule has 0 atom stereocenters. The SMILES string of the molecule is CNc1nc(-c2cccnc2)nc2c(OCCN3CCOCC3)cc(-c3ccc(F)c(F)c3)cc12. The highest BCUT2D eigenvalue weighted by Gasteiger charge is 2.17. The predicted octanol–water partition coefficient (Wildman–Crippen LogP) is 4.39. The summed E-state index contributed by atoms with van der Waals surface area (Å²) >= 11 is 0. The number of hydrogen-bond acceptors (Lipinski definition) is 7. The largest absolute Gasteiger partial charge is 0.490 e. The third kappa shape index (κ3) is 5.06. The Kier molecular flexibility index (Phi) is 6.78. The topological polar surface area (TPSA) is 72.4 Å². The predicted molar refractivity (Wildman–Crippen MR) is 130 cm³/mol. The molecule has 0 spiro atoms. The molecule has 2 aromatic carbocycles. The number of aromatic nitrogens is 3. The summed E-state index contributed by atoms with van der Waals surface area (Å²) < 4.78 is 39.2. The third-order valence-electron chi connectivity index (χ3n) is 5.94. The van der Waals surface area contributed by atoms with Crippen LogP contribution >= 0.6 is 0 Å². The molecule has 0 amide bonds. The number of anilines is 1. The Hall–Kier alpha value is -3.69. The Morgan fingerprint density at radius 1 is 1.00 bits per heavy atom. The molecule has 4 aromatic rings. The fourth-order valence-electron chi connectivity index (χ4n) is 4.08. The van der Waals surface area contributed by atoms with Gasteiger partial charge in [0, 0.05) is 50.0 Å². The minimum Gasteiger partial charge on any atom is -0.490 e. The molecule has 5 rings (SSSR count).